The van der Waals surface area contributed by atoms with Gasteiger partial charge < -0.3 is 10.6 Å². The molecule has 0 saturated heterocycles. The first kappa shape index (κ1) is 10.5. The van der Waals surface area contributed by atoms with E-state index in [1.165, 1.54) is 4.88 Å². The van der Waals surface area contributed by atoms with Gasteiger partial charge in [-0.3, -0.25) is 0 Å². The maximum atomic E-state index is 5.09. The largest absolute Gasteiger partial charge is 0.363 e. The zero-order valence-electron chi connectivity index (χ0n) is 7.83. The van der Waals surface area contributed by atoms with Crippen molar-refractivity contribution in [3.8, 4) is 0 Å². The van der Waals surface area contributed by atoms with Crippen LogP contribution in [0.3, 0.4) is 0 Å². The van der Waals surface area contributed by atoms with Crippen LogP contribution in [-0.2, 0) is 0 Å². The third-order valence-electron chi connectivity index (χ3n) is 1.65. The molecular weight excluding hydrogens is 200 g/mol. The number of thiocarbonyl (C=S) groups is 1. The van der Waals surface area contributed by atoms with E-state index in [9.17, 15) is 0 Å². The van der Waals surface area contributed by atoms with Gasteiger partial charge in [-0.2, -0.15) is 0 Å². The predicted octanol–water partition coefficient (Wildman–Crippen LogP) is 2.29. The van der Waals surface area contributed by atoms with Crippen LogP contribution >= 0.6 is 23.6 Å². The summed E-state index contributed by atoms with van der Waals surface area (Å²) in [7, 11) is 0. The molecule has 0 saturated carbocycles. The van der Waals surface area contributed by atoms with Crippen molar-refractivity contribution < 1.29 is 0 Å². The molecule has 1 aromatic rings. The minimum atomic E-state index is 0.298. The molecule has 0 aliphatic carbocycles. The molecule has 0 aliphatic heterocycles. The van der Waals surface area contributed by atoms with Gasteiger partial charge in [0.2, 0.25) is 0 Å². The fourth-order valence-corrected chi connectivity index (χ4v) is 2.07. The van der Waals surface area contributed by atoms with Crippen LogP contribution in [-0.4, -0.2) is 11.7 Å². The second kappa shape index (κ2) is 5.19. The molecule has 0 amide bonds. The average Bonchev–Trinajstić information content (AvgIpc) is 2.55. The van der Waals surface area contributed by atoms with Crippen molar-refractivity contribution in [1.29, 1.82) is 0 Å². The SMILES string of the molecule is CCNC(=S)N[C@@H](C)c1cccs1. The molecule has 0 spiro atoms. The molecule has 1 atom stereocenters. The zero-order chi connectivity index (χ0) is 9.68. The lowest BCUT2D eigenvalue weighted by Gasteiger charge is -2.14. The van der Waals surface area contributed by atoms with Gasteiger partial charge in [-0.25, -0.2) is 0 Å². The normalized spacial score (nSPS) is 12.2. The molecule has 0 unspecified atom stereocenters. The third-order valence-corrected chi connectivity index (χ3v) is 2.97. The number of hydrogen-bond acceptors (Lipinski definition) is 2. The van der Waals surface area contributed by atoms with Crippen molar-refractivity contribution in [2.75, 3.05) is 6.54 Å². The molecule has 1 rings (SSSR count). The van der Waals surface area contributed by atoms with Crippen LogP contribution in [0.25, 0.3) is 0 Å². The van der Waals surface area contributed by atoms with E-state index in [1.54, 1.807) is 11.3 Å². The van der Waals surface area contributed by atoms with Gasteiger partial charge in [-0.05, 0) is 37.5 Å². The Bertz CT molecular complexity index is 257. The number of thiophene rings is 1. The molecular formula is C9H14N2S2. The van der Waals surface area contributed by atoms with Gasteiger partial charge in [0.25, 0.3) is 0 Å². The summed E-state index contributed by atoms with van der Waals surface area (Å²) in [5.74, 6) is 0. The van der Waals surface area contributed by atoms with Crippen LogP contribution in [0.4, 0.5) is 0 Å². The van der Waals surface area contributed by atoms with E-state index in [-0.39, 0.29) is 0 Å². The van der Waals surface area contributed by atoms with E-state index < -0.39 is 0 Å². The van der Waals surface area contributed by atoms with Crippen molar-refractivity contribution in [2.45, 2.75) is 19.9 Å². The maximum Gasteiger partial charge on any atom is 0.166 e. The summed E-state index contributed by atoms with van der Waals surface area (Å²) in [4.78, 5) is 1.31. The second-order valence-corrected chi connectivity index (χ2v) is 4.13. The Balaban J connectivity index is 2.42. The highest BCUT2D eigenvalue weighted by molar-refractivity contribution is 7.80. The quantitative estimate of drug-likeness (QED) is 0.755. The highest BCUT2D eigenvalue weighted by atomic mass is 32.1. The van der Waals surface area contributed by atoms with Crippen molar-refractivity contribution >= 4 is 28.7 Å². The van der Waals surface area contributed by atoms with Crippen molar-refractivity contribution in [2.24, 2.45) is 0 Å². The topological polar surface area (TPSA) is 24.1 Å². The Kier molecular flexibility index (Phi) is 4.18. The highest BCUT2D eigenvalue weighted by Gasteiger charge is 2.06. The Morgan fingerprint density at radius 3 is 3.00 bits per heavy atom. The third kappa shape index (κ3) is 3.32. The summed E-state index contributed by atoms with van der Waals surface area (Å²) in [6.07, 6.45) is 0. The zero-order valence-corrected chi connectivity index (χ0v) is 9.47. The molecule has 2 nitrogen and oxygen atoms in total. The fourth-order valence-electron chi connectivity index (χ4n) is 1.02. The molecule has 0 fully saturated rings. The second-order valence-electron chi connectivity index (χ2n) is 2.74. The Labute approximate surface area is 88.4 Å². The maximum absolute atomic E-state index is 5.09. The minimum Gasteiger partial charge on any atom is -0.363 e. The Morgan fingerprint density at radius 2 is 2.46 bits per heavy atom. The van der Waals surface area contributed by atoms with Crippen LogP contribution < -0.4 is 10.6 Å². The van der Waals surface area contributed by atoms with Gasteiger partial charge in [0.1, 0.15) is 0 Å². The van der Waals surface area contributed by atoms with E-state index in [2.05, 4.69) is 35.1 Å². The van der Waals surface area contributed by atoms with Crippen LogP contribution in [0.5, 0.6) is 0 Å². The molecule has 72 valence electrons. The Morgan fingerprint density at radius 1 is 1.69 bits per heavy atom. The number of rotatable bonds is 3. The first-order valence-electron chi connectivity index (χ1n) is 4.31. The number of hydrogen-bond donors (Lipinski definition) is 2. The first-order valence-corrected chi connectivity index (χ1v) is 5.60. The van der Waals surface area contributed by atoms with Crippen LogP contribution in [0.2, 0.25) is 0 Å². The molecule has 1 heterocycles. The highest BCUT2D eigenvalue weighted by Crippen LogP contribution is 2.17. The van der Waals surface area contributed by atoms with E-state index in [0.29, 0.717) is 6.04 Å². The van der Waals surface area contributed by atoms with Crippen LogP contribution in [0.1, 0.15) is 24.8 Å². The smallest absolute Gasteiger partial charge is 0.166 e. The Hall–Kier alpha value is -0.610. The standard InChI is InChI=1S/C9H14N2S2/c1-3-10-9(12)11-7(2)8-5-4-6-13-8/h4-7H,3H2,1-2H3,(H2,10,11,12)/t7-/m0/s1. The van der Waals surface area contributed by atoms with Crippen LogP contribution in [0.15, 0.2) is 17.5 Å². The first-order chi connectivity index (χ1) is 6.24. The van der Waals surface area contributed by atoms with E-state index in [0.717, 1.165) is 11.7 Å². The fraction of sp³-hybridized carbons (Fsp3) is 0.444. The van der Waals surface area contributed by atoms with E-state index in [1.807, 2.05) is 6.92 Å². The molecule has 2 N–H and O–H groups in total. The summed E-state index contributed by atoms with van der Waals surface area (Å²) >= 11 is 6.83. The minimum absolute atomic E-state index is 0.298. The van der Waals surface area contributed by atoms with Crippen molar-refractivity contribution in [1.82, 2.24) is 10.6 Å². The lowest BCUT2D eigenvalue weighted by molar-refractivity contribution is 0.715. The predicted molar refractivity (Wildman–Crippen MR) is 62.1 cm³/mol. The van der Waals surface area contributed by atoms with E-state index in [4.69, 9.17) is 12.2 Å². The van der Waals surface area contributed by atoms with E-state index >= 15 is 0 Å². The molecule has 13 heavy (non-hydrogen) atoms. The van der Waals surface area contributed by atoms with Crippen molar-refractivity contribution in [3.63, 3.8) is 0 Å². The molecule has 0 bridgehead atoms. The monoisotopic (exact) mass is 214 g/mol. The summed E-state index contributed by atoms with van der Waals surface area (Å²) in [5, 5.41) is 9.08. The van der Waals surface area contributed by atoms with Gasteiger partial charge in [0.15, 0.2) is 5.11 Å². The average molecular weight is 214 g/mol. The molecule has 0 aliphatic rings. The summed E-state index contributed by atoms with van der Waals surface area (Å²) in [5.41, 5.74) is 0. The van der Waals surface area contributed by atoms with Gasteiger partial charge in [0, 0.05) is 11.4 Å². The summed E-state index contributed by atoms with van der Waals surface area (Å²) in [6, 6.07) is 4.46. The van der Waals surface area contributed by atoms with Crippen molar-refractivity contribution in [3.05, 3.63) is 22.4 Å². The van der Waals surface area contributed by atoms with Gasteiger partial charge in [-0.15, -0.1) is 11.3 Å². The van der Waals surface area contributed by atoms with Gasteiger partial charge in [0.05, 0.1) is 6.04 Å². The lowest BCUT2D eigenvalue weighted by Crippen LogP contribution is -2.36. The molecule has 1 aromatic heterocycles. The van der Waals surface area contributed by atoms with Gasteiger partial charge in [-0.1, -0.05) is 6.07 Å². The summed E-state index contributed by atoms with van der Waals surface area (Å²) < 4.78 is 0. The summed E-state index contributed by atoms with van der Waals surface area (Å²) in [6.45, 7) is 5.00. The van der Waals surface area contributed by atoms with Crippen LogP contribution in [0, 0.1) is 0 Å². The molecule has 4 heteroatoms. The number of nitrogens with one attached hydrogen (secondary N) is 2. The van der Waals surface area contributed by atoms with Gasteiger partial charge >= 0.3 is 0 Å². The molecule has 0 radical (unpaired) electrons. The lowest BCUT2D eigenvalue weighted by atomic mass is 10.3. The molecule has 0 aromatic carbocycles.